The molecule has 1 aliphatic heterocycles. The van der Waals surface area contributed by atoms with Gasteiger partial charge in [0.15, 0.2) is 0 Å². The molecule has 1 aromatic carbocycles. The fraction of sp³-hybridized carbons (Fsp3) is 0.471. The standard InChI is InChI=1S/C17H23N3S/c1-3-15(17-18-8-10-21-17)19-12-13-6-7-16-14(11-13)5-4-9-20(16)2/h6-8,10-11,15,19H,3-5,9,12H2,1-2H3. The minimum atomic E-state index is 0.365. The molecule has 21 heavy (non-hydrogen) atoms. The summed E-state index contributed by atoms with van der Waals surface area (Å²) in [7, 11) is 2.19. The van der Waals surface area contributed by atoms with Gasteiger partial charge in [0, 0.05) is 37.4 Å². The molecule has 0 radical (unpaired) electrons. The van der Waals surface area contributed by atoms with Gasteiger partial charge in [-0.05, 0) is 36.5 Å². The molecule has 2 aromatic rings. The number of benzene rings is 1. The molecular formula is C17H23N3S. The predicted octanol–water partition coefficient (Wildman–Crippen LogP) is 3.77. The van der Waals surface area contributed by atoms with Crippen LogP contribution in [0.2, 0.25) is 0 Å². The highest BCUT2D eigenvalue weighted by Gasteiger charge is 2.15. The number of thiazole rings is 1. The summed E-state index contributed by atoms with van der Waals surface area (Å²) in [6.45, 7) is 4.29. The van der Waals surface area contributed by atoms with E-state index in [1.807, 2.05) is 6.20 Å². The summed E-state index contributed by atoms with van der Waals surface area (Å²) in [5.74, 6) is 0. The number of hydrogen-bond acceptors (Lipinski definition) is 4. The van der Waals surface area contributed by atoms with E-state index in [4.69, 9.17) is 0 Å². The molecule has 0 saturated carbocycles. The van der Waals surface area contributed by atoms with Crippen LogP contribution in [0.1, 0.15) is 41.9 Å². The third-order valence-corrected chi connectivity index (χ3v) is 5.09. The van der Waals surface area contributed by atoms with Crippen molar-refractivity contribution in [3.63, 3.8) is 0 Å². The van der Waals surface area contributed by atoms with Gasteiger partial charge in [0.2, 0.25) is 0 Å². The fourth-order valence-electron chi connectivity index (χ4n) is 3.00. The molecule has 3 rings (SSSR count). The Morgan fingerprint density at radius 2 is 2.33 bits per heavy atom. The molecule has 3 nitrogen and oxygen atoms in total. The lowest BCUT2D eigenvalue weighted by molar-refractivity contribution is 0.516. The van der Waals surface area contributed by atoms with Gasteiger partial charge in [-0.1, -0.05) is 19.1 Å². The number of hydrogen-bond donors (Lipinski definition) is 1. The van der Waals surface area contributed by atoms with E-state index >= 15 is 0 Å². The first-order valence-electron chi connectivity index (χ1n) is 7.73. The maximum atomic E-state index is 4.43. The van der Waals surface area contributed by atoms with E-state index < -0.39 is 0 Å². The number of aromatic nitrogens is 1. The predicted molar refractivity (Wildman–Crippen MR) is 90.0 cm³/mol. The number of aryl methyl sites for hydroxylation is 1. The number of fused-ring (bicyclic) bond motifs is 1. The first-order chi connectivity index (χ1) is 10.3. The van der Waals surface area contributed by atoms with E-state index in [2.05, 4.69) is 52.8 Å². The Kier molecular flexibility index (Phi) is 4.56. The molecular weight excluding hydrogens is 278 g/mol. The van der Waals surface area contributed by atoms with Crippen molar-refractivity contribution in [3.05, 3.63) is 45.9 Å². The molecule has 0 amide bonds. The lowest BCUT2D eigenvalue weighted by Crippen LogP contribution is -2.25. The van der Waals surface area contributed by atoms with E-state index in [9.17, 15) is 0 Å². The molecule has 1 aliphatic rings. The van der Waals surface area contributed by atoms with Gasteiger partial charge in [0.1, 0.15) is 5.01 Å². The first kappa shape index (κ1) is 14.5. The molecule has 0 bridgehead atoms. The molecule has 0 fully saturated rings. The van der Waals surface area contributed by atoms with Crippen molar-refractivity contribution >= 4 is 17.0 Å². The van der Waals surface area contributed by atoms with E-state index in [1.165, 1.54) is 41.2 Å². The van der Waals surface area contributed by atoms with Crippen molar-refractivity contribution in [1.29, 1.82) is 0 Å². The zero-order chi connectivity index (χ0) is 14.7. The molecule has 1 unspecified atom stereocenters. The van der Waals surface area contributed by atoms with Crippen molar-refractivity contribution in [3.8, 4) is 0 Å². The van der Waals surface area contributed by atoms with Crippen molar-refractivity contribution in [2.24, 2.45) is 0 Å². The van der Waals surface area contributed by atoms with Gasteiger partial charge in [-0.3, -0.25) is 0 Å². The average Bonchev–Trinajstić information content (AvgIpc) is 3.02. The van der Waals surface area contributed by atoms with E-state index in [0.29, 0.717) is 6.04 Å². The maximum Gasteiger partial charge on any atom is 0.109 e. The molecule has 0 spiro atoms. The van der Waals surface area contributed by atoms with Crippen LogP contribution in [0.3, 0.4) is 0 Å². The molecule has 112 valence electrons. The fourth-order valence-corrected chi connectivity index (χ4v) is 3.80. The minimum absolute atomic E-state index is 0.365. The van der Waals surface area contributed by atoms with Crippen LogP contribution in [0.15, 0.2) is 29.8 Å². The number of rotatable bonds is 5. The van der Waals surface area contributed by atoms with Crippen molar-refractivity contribution in [2.45, 2.75) is 38.8 Å². The van der Waals surface area contributed by atoms with E-state index in [-0.39, 0.29) is 0 Å². The Hall–Kier alpha value is -1.39. The second kappa shape index (κ2) is 6.58. The minimum Gasteiger partial charge on any atom is -0.374 e. The summed E-state index contributed by atoms with van der Waals surface area (Å²) in [5, 5.41) is 6.88. The zero-order valence-corrected chi connectivity index (χ0v) is 13.6. The van der Waals surface area contributed by atoms with Crippen molar-refractivity contribution in [1.82, 2.24) is 10.3 Å². The second-order valence-electron chi connectivity index (χ2n) is 5.70. The Bertz CT molecular complexity index is 580. The van der Waals surface area contributed by atoms with E-state index in [1.54, 1.807) is 11.3 Å². The molecule has 1 aromatic heterocycles. The number of nitrogens with one attached hydrogen (secondary N) is 1. The van der Waals surface area contributed by atoms with Crippen LogP contribution in [0, 0.1) is 0 Å². The zero-order valence-electron chi connectivity index (χ0n) is 12.8. The SMILES string of the molecule is CCC(NCc1ccc2c(c1)CCCN2C)c1nccs1. The summed E-state index contributed by atoms with van der Waals surface area (Å²) in [5.41, 5.74) is 4.27. The molecule has 1 N–H and O–H groups in total. The average molecular weight is 301 g/mol. The lowest BCUT2D eigenvalue weighted by Gasteiger charge is -2.28. The van der Waals surface area contributed by atoms with Gasteiger partial charge >= 0.3 is 0 Å². The number of anilines is 1. The van der Waals surface area contributed by atoms with Gasteiger partial charge in [-0.2, -0.15) is 0 Å². The van der Waals surface area contributed by atoms with Gasteiger partial charge < -0.3 is 10.2 Å². The van der Waals surface area contributed by atoms with Crippen LogP contribution in [0.25, 0.3) is 0 Å². The normalized spacial score (nSPS) is 15.8. The third kappa shape index (κ3) is 3.27. The summed E-state index contributed by atoms with van der Waals surface area (Å²) in [4.78, 5) is 6.79. The summed E-state index contributed by atoms with van der Waals surface area (Å²) >= 11 is 1.73. The highest BCUT2D eigenvalue weighted by molar-refractivity contribution is 7.09. The number of nitrogens with zero attached hydrogens (tertiary/aromatic N) is 2. The van der Waals surface area contributed by atoms with Crippen LogP contribution >= 0.6 is 11.3 Å². The van der Waals surface area contributed by atoms with Crippen LogP contribution in [-0.2, 0) is 13.0 Å². The van der Waals surface area contributed by atoms with Crippen LogP contribution in [0.5, 0.6) is 0 Å². The smallest absolute Gasteiger partial charge is 0.109 e. The Morgan fingerprint density at radius 1 is 1.43 bits per heavy atom. The molecule has 2 heterocycles. The quantitative estimate of drug-likeness (QED) is 0.911. The first-order valence-corrected chi connectivity index (χ1v) is 8.61. The van der Waals surface area contributed by atoms with E-state index in [0.717, 1.165) is 13.0 Å². The summed E-state index contributed by atoms with van der Waals surface area (Å²) < 4.78 is 0. The summed E-state index contributed by atoms with van der Waals surface area (Å²) in [6.07, 6.45) is 5.43. The van der Waals surface area contributed by atoms with Crippen LogP contribution < -0.4 is 10.2 Å². The highest BCUT2D eigenvalue weighted by Crippen LogP contribution is 2.27. The third-order valence-electron chi connectivity index (χ3n) is 4.21. The molecule has 1 atom stereocenters. The lowest BCUT2D eigenvalue weighted by atomic mass is 9.99. The maximum absolute atomic E-state index is 4.43. The van der Waals surface area contributed by atoms with Gasteiger partial charge in [-0.25, -0.2) is 4.98 Å². The molecule has 0 saturated heterocycles. The Labute approximate surface area is 131 Å². The Morgan fingerprint density at radius 3 is 3.10 bits per heavy atom. The topological polar surface area (TPSA) is 28.2 Å². The second-order valence-corrected chi connectivity index (χ2v) is 6.63. The van der Waals surface area contributed by atoms with Crippen molar-refractivity contribution in [2.75, 3.05) is 18.5 Å². The van der Waals surface area contributed by atoms with Crippen LogP contribution in [0.4, 0.5) is 5.69 Å². The van der Waals surface area contributed by atoms with Crippen molar-refractivity contribution < 1.29 is 0 Å². The van der Waals surface area contributed by atoms with Crippen LogP contribution in [-0.4, -0.2) is 18.6 Å². The largest absolute Gasteiger partial charge is 0.374 e. The molecule has 0 aliphatic carbocycles. The van der Waals surface area contributed by atoms with Gasteiger partial charge in [0.25, 0.3) is 0 Å². The highest BCUT2D eigenvalue weighted by atomic mass is 32.1. The monoisotopic (exact) mass is 301 g/mol. The summed E-state index contributed by atoms with van der Waals surface area (Å²) in [6, 6.07) is 7.26. The van der Waals surface area contributed by atoms with Gasteiger partial charge in [-0.15, -0.1) is 11.3 Å². The Balaban J connectivity index is 1.68. The van der Waals surface area contributed by atoms with Gasteiger partial charge in [0.05, 0.1) is 6.04 Å². The molecule has 4 heteroatoms.